The minimum Gasteiger partial charge on any atom is -0.470 e. The molecule has 0 aliphatic carbocycles. The van der Waals surface area contributed by atoms with E-state index in [1.165, 1.54) is 12.1 Å². The average molecular weight is 494 g/mol. The first-order chi connectivity index (χ1) is 16.5. The summed E-state index contributed by atoms with van der Waals surface area (Å²) in [5.74, 6) is -1.10. The first-order valence-corrected chi connectivity index (χ1v) is 11.4. The normalized spacial score (nSPS) is 26.9. The van der Waals surface area contributed by atoms with Crippen molar-refractivity contribution in [3.8, 4) is 17.1 Å². The van der Waals surface area contributed by atoms with E-state index < -0.39 is 29.9 Å². The van der Waals surface area contributed by atoms with Crippen LogP contribution in [0.1, 0.15) is 0 Å². The molecule has 34 heavy (non-hydrogen) atoms. The molecule has 0 saturated carbocycles. The maximum Gasteiger partial charge on any atom is 0.193 e. The highest BCUT2D eigenvalue weighted by molar-refractivity contribution is 6.33. The molecule has 2 aromatic heterocycles. The Hall–Kier alpha value is -2.50. The lowest BCUT2D eigenvalue weighted by molar-refractivity contribution is 0.00794. The van der Waals surface area contributed by atoms with Gasteiger partial charge in [-0.1, -0.05) is 11.6 Å². The summed E-state index contributed by atoms with van der Waals surface area (Å²) in [7, 11) is 0. The molecule has 6 rings (SSSR count). The predicted octanol–water partition coefficient (Wildman–Crippen LogP) is 2.90. The second-order valence-corrected chi connectivity index (χ2v) is 9.00. The Labute approximate surface area is 198 Å². The Balaban J connectivity index is 1.29. The third-order valence-corrected chi connectivity index (χ3v) is 6.72. The number of ether oxygens (including phenoxy) is 4. The molecule has 180 valence electrons. The van der Waals surface area contributed by atoms with Crippen LogP contribution in [0.2, 0.25) is 5.02 Å². The van der Waals surface area contributed by atoms with E-state index in [1.807, 2.05) is 4.90 Å². The summed E-state index contributed by atoms with van der Waals surface area (Å²) < 4.78 is 52.6. The number of rotatable bonds is 4. The third-order valence-electron chi connectivity index (χ3n) is 6.43. The smallest absolute Gasteiger partial charge is 0.193 e. The molecule has 3 aliphatic heterocycles. The highest BCUT2D eigenvalue weighted by Crippen LogP contribution is 2.36. The van der Waals surface area contributed by atoms with Crippen LogP contribution >= 0.6 is 11.6 Å². The minimum atomic E-state index is -0.742. The standard InChI is InChI=1S/C23H22ClF2N3O5/c24-12-7-15-16(8-19(27-15)34-18-10-33-22-17(30)9-32-23(18)22)28-21(12)20-13(25)5-11(6-14(20)26)29-1-3-31-4-2-29/h5-8,17-18,22-23,27,30H,1-4,9-10H2/t17-,18-,22-,23-/m1/s1. The number of nitrogens with zero attached hydrogens (tertiary/aromatic N) is 2. The molecule has 8 nitrogen and oxygen atoms in total. The Bertz CT molecular complexity index is 1210. The van der Waals surface area contributed by atoms with E-state index in [1.54, 1.807) is 12.1 Å². The van der Waals surface area contributed by atoms with Crippen LogP contribution in [0.15, 0.2) is 24.3 Å². The molecule has 0 spiro atoms. The Morgan fingerprint density at radius 1 is 1.06 bits per heavy atom. The van der Waals surface area contributed by atoms with Gasteiger partial charge in [0, 0.05) is 24.8 Å². The highest BCUT2D eigenvalue weighted by atomic mass is 35.5. The SMILES string of the molecule is O[C@@H]1CO[C@H]2[C@@H]1OC[C@H]2Oc1cc2nc(-c3c(F)cc(N4CCOCC4)cc3F)c(Cl)cc2[nH]1. The first kappa shape index (κ1) is 22.0. The van der Waals surface area contributed by atoms with Crippen molar-refractivity contribution in [1.29, 1.82) is 0 Å². The quantitative estimate of drug-likeness (QED) is 0.577. The van der Waals surface area contributed by atoms with Gasteiger partial charge in [-0.25, -0.2) is 13.8 Å². The van der Waals surface area contributed by atoms with Gasteiger partial charge in [-0.15, -0.1) is 0 Å². The number of benzene rings is 1. The van der Waals surface area contributed by atoms with Crippen molar-refractivity contribution in [2.75, 3.05) is 44.4 Å². The number of pyridine rings is 1. The molecule has 0 bridgehead atoms. The molecule has 3 aromatic rings. The third kappa shape index (κ3) is 3.79. The number of anilines is 1. The summed E-state index contributed by atoms with van der Waals surface area (Å²) >= 11 is 6.39. The van der Waals surface area contributed by atoms with E-state index in [-0.39, 0.29) is 35.6 Å². The first-order valence-electron chi connectivity index (χ1n) is 11.1. The van der Waals surface area contributed by atoms with Crippen LogP contribution in [0.4, 0.5) is 14.5 Å². The van der Waals surface area contributed by atoms with Crippen molar-refractivity contribution in [3.05, 3.63) is 40.9 Å². The molecule has 0 radical (unpaired) electrons. The largest absolute Gasteiger partial charge is 0.470 e. The predicted molar refractivity (Wildman–Crippen MR) is 119 cm³/mol. The maximum atomic E-state index is 15.1. The van der Waals surface area contributed by atoms with Gasteiger partial charge in [-0.3, -0.25) is 0 Å². The zero-order valence-electron chi connectivity index (χ0n) is 18.0. The number of aliphatic hydroxyl groups is 1. The molecular formula is C23H22ClF2N3O5. The topological polar surface area (TPSA) is 89.1 Å². The molecule has 3 saturated heterocycles. The molecular weight excluding hydrogens is 472 g/mol. The molecule has 4 atom stereocenters. The van der Waals surface area contributed by atoms with E-state index in [0.29, 0.717) is 48.9 Å². The van der Waals surface area contributed by atoms with Crippen molar-refractivity contribution >= 4 is 28.3 Å². The monoisotopic (exact) mass is 493 g/mol. The van der Waals surface area contributed by atoms with Crippen LogP contribution in [0.25, 0.3) is 22.3 Å². The zero-order chi connectivity index (χ0) is 23.4. The molecule has 3 fully saturated rings. The fourth-order valence-electron chi connectivity index (χ4n) is 4.74. The Morgan fingerprint density at radius 3 is 2.56 bits per heavy atom. The van der Waals surface area contributed by atoms with Crippen molar-refractivity contribution in [2.24, 2.45) is 0 Å². The van der Waals surface area contributed by atoms with Crippen molar-refractivity contribution in [1.82, 2.24) is 9.97 Å². The zero-order valence-corrected chi connectivity index (χ0v) is 18.7. The summed E-state index contributed by atoms with van der Waals surface area (Å²) in [5.41, 5.74) is 1.17. The van der Waals surface area contributed by atoms with Gasteiger partial charge in [0.1, 0.15) is 29.9 Å². The maximum absolute atomic E-state index is 15.1. The van der Waals surface area contributed by atoms with Gasteiger partial charge < -0.3 is 33.9 Å². The van der Waals surface area contributed by atoms with Crippen molar-refractivity contribution in [3.63, 3.8) is 0 Å². The van der Waals surface area contributed by atoms with Crippen molar-refractivity contribution in [2.45, 2.75) is 24.4 Å². The van der Waals surface area contributed by atoms with Gasteiger partial charge in [-0.05, 0) is 18.2 Å². The lowest BCUT2D eigenvalue weighted by Crippen LogP contribution is -2.36. The number of H-pyrrole nitrogens is 1. The number of morpholine rings is 1. The van der Waals surface area contributed by atoms with Gasteiger partial charge in [0.15, 0.2) is 12.0 Å². The van der Waals surface area contributed by atoms with Gasteiger partial charge in [-0.2, -0.15) is 0 Å². The van der Waals surface area contributed by atoms with Crippen LogP contribution in [0.3, 0.4) is 0 Å². The average Bonchev–Trinajstić information content (AvgIpc) is 3.51. The summed E-state index contributed by atoms with van der Waals surface area (Å²) in [5, 5.41) is 10.00. The summed E-state index contributed by atoms with van der Waals surface area (Å²) in [4.78, 5) is 9.36. The number of hydrogen-bond donors (Lipinski definition) is 2. The lowest BCUT2D eigenvalue weighted by atomic mass is 10.1. The van der Waals surface area contributed by atoms with Crippen LogP contribution in [-0.2, 0) is 14.2 Å². The second-order valence-electron chi connectivity index (χ2n) is 8.59. The summed E-state index contributed by atoms with van der Waals surface area (Å²) in [6, 6.07) is 5.78. The van der Waals surface area contributed by atoms with E-state index in [2.05, 4.69) is 9.97 Å². The van der Waals surface area contributed by atoms with Crippen LogP contribution < -0.4 is 9.64 Å². The number of nitrogens with one attached hydrogen (secondary N) is 1. The number of fused-ring (bicyclic) bond motifs is 2. The Kier molecular flexibility index (Phi) is 5.57. The number of aliphatic hydroxyl groups excluding tert-OH is 1. The van der Waals surface area contributed by atoms with E-state index in [0.717, 1.165) is 0 Å². The molecule has 3 aliphatic rings. The number of halogens is 3. The van der Waals surface area contributed by atoms with E-state index in [4.69, 9.17) is 30.5 Å². The molecule has 0 amide bonds. The highest BCUT2D eigenvalue weighted by Gasteiger charge is 2.48. The van der Waals surface area contributed by atoms with Gasteiger partial charge >= 0.3 is 0 Å². The molecule has 0 unspecified atom stereocenters. The van der Waals surface area contributed by atoms with Gasteiger partial charge in [0.25, 0.3) is 0 Å². The van der Waals surface area contributed by atoms with Crippen LogP contribution in [0.5, 0.6) is 5.88 Å². The Morgan fingerprint density at radius 2 is 1.79 bits per heavy atom. The lowest BCUT2D eigenvalue weighted by Gasteiger charge is -2.29. The second kappa shape index (κ2) is 8.62. The fraction of sp³-hybridized carbons (Fsp3) is 0.435. The van der Waals surface area contributed by atoms with Gasteiger partial charge in [0.2, 0.25) is 0 Å². The molecule has 1 aromatic carbocycles. The minimum absolute atomic E-state index is 0.00903. The summed E-state index contributed by atoms with van der Waals surface area (Å²) in [6.45, 7) is 2.61. The molecule has 5 heterocycles. The van der Waals surface area contributed by atoms with E-state index >= 15 is 8.78 Å². The fourth-order valence-corrected chi connectivity index (χ4v) is 4.99. The van der Waals surface area contributed by atoms with Crippen molar-refractivity contribution < 1.29 is 32.8 Å². The number of aromatic amines is 1. The number of aromatic nitrogens is 2. The summed E-state index contributed by atoms with van der Waals surface area (Å²) in [6.07, 6.45) is -1.88. The van der Waals surface area contributed by atoms with E-state index in [9.17, 15) is 5.11 Å². The van der Waals surface area contributed by atoms with Crippen LogP contribution in [0, 0.1) is 11.6 Å². The molecule has 11 heteroatoms. The molecule has 2 N–H and O–H groups in total. The number of hydrogen-bond acceptors (Lipinski definition) is 7. The van der Waals surface area contributed by atoms with Crippen LogP contribution in [-0.4, -0.2) is 79.0 Å². The van der Waals surface area contributed by atoms with Gasteiger partial charge in [0.05, 0.1) is 53.7 Å².